The second-order valence-corrected chi connectivity index (χ2v) is 21.1. The Bertz CT molecular complexity index is 1130. The van der Waals surface area contributed by atoms with E-state index in [0.29, 0.717) is 0 Å². The van der Waals surface area contributed by atoms with Crippen molar-refractivity contribution in [3.8, 4) is 0 Å². The van der Waals surface area contributed by atoms with E-state index in [9.17, 15) is 0 Å². The largest absolute Gasteiger partial charge is 0.353 e. The summed E-state index contributed by atoms with van der Waals surface area (Å²) in [6.45, 7) is 31.5. The Hall–Kier alpha value is 1.16. The van der Waals surface area contributed by atoms with Crippen LogP contribution in [0.25, 0.3) is 0 Å². The molecule has 49 heavy (non-hydrogen) atoms. The summed E-state index contributed by atoms with van der Waals surface area (Å²) in [6, 6.07) is 0. The fourth-order valence-corrected chi connectivity index (χ4v) is 11.5. The molecule has 5 atom stereocenters. The van der Waals surface area contributed by atoms with Crippen LogP contribution in [0.15, 0.2) is 0 Å². The van der Waals surface area contributed by atoms with Gasteiger partial charge in [0.2, 0.25) is 0 Å². The lowest BCUT2D eigenvalue weighted by Crippen LogP contribution is -2.60. The first-order chi connectivity index (χ1) is 22.1. The Balaban J connectivity index is 1.48. The minimum absolute atomic E-state index is 0.00335. The van der Waals surface area contributed by atoms with E-state index in [4.69, 9.17) is 63.8 Å². The maximum atomic E-state index is 6.77. The molecular formula is C31H58O14P4. The summed E-state index contributed by atoms with van der Waals surface area (Å²) in [6.07, 6.45) is -4.49. The third-order valence-corrected chi connectivity index (χ3v) is 17.5. The number of methoxy groups -OCH3 is 1. The molecule has 5 heterocycles. The highest BCUT2D eigenvalue weighted by Gasteiger charge is 2.61. The van der Waals surface area contributed by atoms with Gasteiger partial charge in [0.25, 0.3) is 0 Å². The fraction of sp³-hybridized carbons (Fsp3) is 1.00. The molecule has 0 radical (unpaired) electrons. The zero-order chi connectivity index (χ0) is 36.8. The van der Waals surface area contributed by atoms with Crippen LogP contribution in [0.3, 0.4) is 0 Å². The number of rotatable bonds is 10. The van der Waals surface area contributed by atoms with Crippen molar-refractivity contribution in [3.63, 3.8) is 0 Å². The van der Waals surface area contributed by atoms with Gasteiger partial charge in [-0.3, -0.25) is 0 Å². The van der Waals surface area contributed by atoms with E-state index in [2.05, 4.69) is 0 Å². The highest BCUT2D eigenvalue weighted by molar-refractivity contribution is 7.43. The van der Waals surface area contributed by atoms with Crippen molar-refractivity contribution in [1.82, 2.24) is 0 Å². The van der Waals surface area contributed by atoms with Crippen LogP contribution >= 0.6 is 34.4 Å². The molecule has 0 aromatic rings. The van der Waals surface area contributed by atoms with Gasteiger partial charge in [-0.15, -0.1) is 0 Å². The van der Waals surface area contributed by atoms with Crippen molar-refractivity contribution in [2.75, 3.05) is 13.7 Å². The Labute approximate surface area is 297 Å². The second kappa shape index (κ2) is 13.7. The molecule has 0 aromatic heterocycles. The van der Waals surface area contributed by atoms with Crippen LogP contribution in [0.2, 0.25) is 0 Å². The van der Waals surface area contributed by atoms with Crippen LogP contribution in [-0.2, 0) is 63.8 Å². The summed E-state index contributed by atoms with van der Waals surface area (Å²) < 4.78 is 89.3. The second-order valence-electron chi connectivity index (χ2n) is 17.0. The van der Waals surface area contributed by atoms with Gasteiger partial charge in [-0.2, -0.15) is 0 Å². The van der Waals surface area contributed by atoms with Crippen LogP contribution in [0.5, 0.6) is 0 Å². The molecule has 0 saturated carbocycles. The van der Waals surface area contributed by atoms with Crippen LogP contribution in [0, 0.1) is 0 Å². The van der Waals surface area contributed by atoms with Gasteiger partial charge in [-0.05, 0) is 111 Å². The molecule has 5 rings (SSSR count). The van der Waals surface area contributed by atoms with E-state index in [1.165, 1.54) is 7.11 Å². The van der Waals surface area contributed by atoms with Gasteiger partial charge in [0, 0.05) is 7.11 Å². The summed E-state index contributed by atoms with van der Waals surface area (Å²) in [5, 5.41) is 0. The lowest BCUT2D eigenvalue weighted by molar-refractivity contribution is -0.281. The van der Waals surface area contributed by atoms with E-state index in [1.807, 2.05) is 111 Å². The summed E-state index contributed by atoms with van der Waals surface area (Å²) >= 11 is 0. The third-order valence-electron chi connectivity index (χ3n) is 11.0. The molecule has 0 amide bonds. The molecule has 5 saturated heterocycles. The number of ether oxygens (including phenoxy) is 2. The van der Waals surface area contributed by atoms with Crippen LogP contribution in [0.1, 0.15) is 111 Å². The molecule has 0 spiro atoms. The molecule has 0 aromatic carbocycles. The maximum Gasteiger partial charge on any atom is 0.334 e. The first kappa shape index (κ1) is 41.3. The normalized spacial score (nSPS) is 38.0. The van der Waals surface area contributed by atoms with E-state index in [1.54, 1.807) is 0 Å². The molecule has 5 aliphatic heterocycles. The van der Waals surface area contributed by atoms with Crippen molar-refractivity contribution in [2.24, 2.45) is 0 Å². The van der Waals surface area contributed by atoms with E-state index in [0.717, 1.165) is 0 Å². The van der Waals surface area contributed by atoms with Gasteiger partial charge >= 0.3 is 34.4 Å². The molecule has 18 heteroatoms. The van der Waals surface area contributed by atoms with Gasteiger partial charge in [0.05, 0.1) is 6.61 Å². The van der Waals surface area contributed by atoms with Crippen LogP contribution in [-0.4, -0.2) is 89.2 Å². The van der Waals surface area contributed by atoms with Gasteiger partial charge in [-0.1, -0.05) is 0 Å². The summed E-state index contributed by atoms with van der Waals surface area (Å²) in [4.78, 5) is 0. The zero-order valence-electron chi connectivity index (χ0n) is 32.1. The molecule has 0 bridgehead atoms. The predicted octanol–water partition coefficient (Wildman–Crippen LogP) is 8.85. The van der Waals surface area contributed by atoms with E-state index >= 15 is 0 Å². The first-order valence-electron chi connectivity index (χ1n) is 16.7. The van der Waals surface area contributed by atoms with Crippen LogP contribution < -0.4 is 0 Å². The topological polar surface area (TPSA) is 129 Å². The van der Waals surface area contributed by atoms with Gasteiger partial charge in [0.15, 0.2) is 6.29 Å². The van der Waals surface area contributed by atoms with Crippen molar-refractivity contribution in [2.45, 2.75) is 186 Å². The monoisotopic (exact) mass is 778 g/mol. The standard InChI is InChI=1S/C31H58O14P4/c1-24(2)25(3,4)39-46(38-24)33-18-19-20(35-47-40-26(5,6)27(7,8)41-47)21(36-48-42-28(9,10)29(11,12)43-48)22(23(32-17)34-19)37-49-44-30(13,14)31(15,16)45-49/h19-23H,18H2,1-17H3/t19-,20+,21+,22-,23-/m1/s1. The molecule has 0 N–H and O–H groups in total. The highest BCUT2D eigenvalue weighted by atomic mass is 31.2. The molecule has 286 valence electrons. The molecule has 5 aliphatic rings. The Morgan fingerprint density at radius 1 is 0.408 bits per heavy atom. The molecule has 0 aliphatic carbocycles. The summed E-state index contributed by atoms with van der Waals surface area (Å²) in [5.41, 5.74) is -4.99. The average Bonchev–Trinajstić information content (AvgIpc) is 3.44. The zero-order valence-corrected chi connectivity index (χ0v) is 35.7. The molecule has 5 fully saturated rings. The molecule has 14 nitrogen and oxygen atoms in total. The molecular weight excluding hydrogens is 720 g/mol. The van der Waals surface area contributed by atoms with Crippen molar-refractivity contribution >= 4 is 34.4 Å². The summed E-state index contributed by atoms with van der Waals surface area (Å²) in [7, 11) is -5.84. The highest BCUT2D eigenvalue weighted by Crippen LogP contribution is 2.65. The minimum atomic E-state index is -1.90. The quantitative estimate of drug-likeness (QED) is 0.196. The number of hydrogen-bond acceptors (Lipinski definition) is 14. The Kier molecular flexibility index (Phi) is 11.6. The Morgan fingerprint density at radius 2 is 0.694 bits per heavy atom. The van der Waals surface area contributed by atoms with Crippen molar-refractivity contribution < 1.29 is 63.8 Å². The third kappa shape index (κ3) is 8.10. The minimum Gasteiger partial charge on any atom is -0.353 e. The summed E-state index contributed by atoms with van der Waals surface area (Å²) in [5.74, 6) is 0. The van der Waals surface area contributed by atoms with Crippen molar-refractivity contribution in [3.05, 3.63) is 0 Å². The fourth-order valence-electron chi connectivity index (χ4n) is 4.62. The maximum absolute atomic E-state index is 6.77. The van der Waals surface area contributed by atoms with Gasteiger partial charge < -0.3 is 63.8 Å². The van der Waals surface area contributed by atoms with Crippen LogP contribution in [0.4, 0.5) is 0 Å². The SMILES string of the molecule is CO[C@@H]1O[C@H](COP2OC(C)(C)C(C)(C)O2)[C@H](OP2OC(C)(C)C(C)(C)O2)[C@H](OP2OC(C)(C)C(C)(C)O2)[C@H]1OP1OC(C)(C)C(C)(C)O1. The van der Waals surface area contributed by atoms with Crippen molar-refractivity contribution in [1.29, 1.82) is 0 Å². The van der Waals surface area contributed by atoms with Gasteiger partial charge in [0.1, 0.15) is 69.2 Å². The van der Waals surface area contributed by atoms with E-state index < -0.39 is 110 Å². The Morgan fingerprint density at radius 3 is 1.02 bits per heavy atom. The first-order valence-corrected chi connectivity index (χ1v) is 21.1. The van der Waals surface area contributed by atoms with Gasteiger partial charge in [-0.25, -0.2) is 0 Å². The predicted molar refractivity (Wildman–Crippen MR) is 185 cm³/mol. The number of hydrogen-bond donors (Lipinski definition) is 0. The lowest BCUT2D eigenvalue weighted by atomic mass is 9.90. The smallest absolute Gasteiger partial charge is 0.334 e. The average molecular weight is 779 g/mol. The molecule has 0 unspecified atom stereocenters. The van der Waals surface area contributed by atoms with E-state index in [-0.39, 0.29) is 6.61 Å². The lowest BCUT2D eigenvalue weighted by Gasteiger charge is -2.45.